The Morgan fingerprint density at radius 2 is 1.70 bits per heavy atom. The predicted octanol–water partition coefficient (Wildman–Crippen LogP) is 2.65. The van der Waals surface area contributed by atoms with Gasteiger partial charge in [0.15, 0.2) is 11.5 Å². The molecule has 5 rings (SSSR count). The molecule has 1 fully saturated rings. The average Bonchev–Trinajstić information content (AvgIpc) is 3.33. The minimum atomic E-state index is -3.68. The highest BCUT2D eigenvalue weighted by Crippen LogP contribution is 2.31. The molecule has 2 aromatic carbocycles. The van der Waals surface area contributed by atoms with E-state index in [0.717, 1.165) is 16.1 Å². The van der Waals surface area contributed by atoms with E-state index < -0.39 is 10.0 Å². The van der Waals surface area contributed by atoms with Crippen LogP contribution in [0.1, 0.15) is 11.3 Å². The summed E-state index contributed by atoms with van der Waals surface area (Å²) in [6, 6.07) is 14.0. The van der Waals surface area contributed by atoms with Crippen LogP contribution >= 0.6 is 11.3 Å². The van der Waals surface area contributed by atoms with Crippen LogP contribution in [0.2, 0.25) is 0 Å². The van der Waals surface area contributed by atoms with E-state index in [2.05, 4.69) is 15.0 Å². The van der Waals surface area contributed by atoms with Crippen molar-refractivity contribution in [3.05, 3.63) is 70.1 Å². The van der Waals surface area contributed by atoms with Crippen LogP contribution in [-0.2, 0) is 16.6 Å². The fraction of sp³-hybridized carbons (Fsp3) is 0.320. The summed E-state index contributed by atoms with van der Waals surface area (Å²) in [6.07, 6.45) is 0. The minimum Gasteiger partial charge on any atom is -0.493 e. The van der Waals surface area contributed by atoms with Crippen LogP contribution in [0.25, 0.3) is 15.5 Å². The van der Waals surface area contributed by atoms with Gasteiger partial charge in [0.25, 0.3) is 5.56 Å². The molecular formula is C25H27N5O5S2. The van der Waals surface area contributed by atoms with E-state index in [1.807, 2.05) is 31.2 Å². The Kier molecular flexibility index (Phi) is 6.99. The van der Waals surface area contributed by atoms with E-state index in [1.54, 1.807) is 6.07 Å². The number of hydrogen-bond donors (Lipinski definition) is 0. The summed E-state index contributed by atoms with van der Waals surface area (Å²) in [4.78, 5) is 20.2. The Morgan fingerprint density at radius 3 is 2.41 bits per heavy atom. The highest BCUT2D eigenvalue weighted by atomic mass is 32.2. The number of aromatic nitrogens is 3. The number of nitrogens with zero attached hydrogens (tertiary/aromatic N) is 5. The van der Waals surface area contributed by atoms with Crippen LogP contribution in [0.4, 0.5) is 0 Å². The van der Waals surface area contributed by atoms with E-state index in [-0.39, 0.29) is 10.5 Å². The van der Waals surface area contributed by atoms with E-state index in [1.165, 1.54) is 52.6 Å². The molecule has 0 unspecified atom stereocenters. The van der Waals surface area contributed by atoms with E-state index >= 15 is 0 Å². The van der Waals surface area contributed by atoms with Gasteiger partial charge in [-0.2, -0.15) is 13.9 Å². The molecule has 1 aliphatic heterocycles. The molecule has 0 radical (unpaired) electrons. The van der Waals surface area contributed by atoms with Gasteiger partial charge in [-0.05, 0) is 24.6 Å². The predicted molar refractivity (Wildman–Crippen MR) is 141 cm³/mol. The Bertz CT molecular complexity index is 1610. The second-order valence-electron chi connectivity index (χ2n) is 8.70. The first-order chi connectivity index (χ1) is 17.8. The Labute approximate surface area is 218 Å². The third-order valence-corrected chi connectivity index (χ3v) is 9.22. The van der Waals surface area contributed by atoms with Crippen LogP contribution in [-0.4, -0.2) is 72.6 Å². The first-order valence-corrected chi connectivity index (χ1v) is 14.0. The van der Waals surface area contributed by atoms with Crippen molar-refractivity contribution < 1.29 is 17.9 Å². The summed E-state index contributed by atoms with van der Waals surface area (Å²) in [5.41, 5.74) is 2.47. The van der Waals surface area contributed by atoms with Crippen LogP contribution < -0.4 is 15.0 Å². The van der Waals surface area contributed by atoms with E-state index in [4.69, 9.17) is 9.47 Å². The molecule has 2 aromatic heterocycles. The van der Waals surface area contributed by atoms with E-state index in [0.29, 0.717) is 54.9 Å². The quantitative estimate of drug-likeness (QED) is 0.352. The van der Waals surface area contributed by atoms with Crippen molar-refractivity contribution in [3.63, 3.8) is 0 Å². The van der Waals surface area contributed by atoms with Gasteiger partial charge in [0.05, 0.1) is 24.8 Å². The molecule has 12 heteroatoms. The number of benzene rings is 2. The van der Waals surface area contributed by atoms with Gasteiger partial charge in [-0.15, -0.1) is 0 Å². The van der Waals surface area contributed by atoms with Crippen molar-refractivity contribution in [2.24, 2.45) is 0 Å². The number of methoxy groups -OCH3 is 2. The third-order valence-electron chi connectivity index (χ3n) is 6.38. The third kappa shape index (κ3) is 4.97. The fourth-order valence-electron chi connectivity index (χ4n) is 4.34. The first kappa shape index (κ1) is 25.3. The topological polar surface area (TPSA) is 106 Å². The summed E-state index contributed by atoms with van der Waals surface area (Å²) < 4.78 is 39.7. The molecule has 1 aliphatic rings. The zero-order valence-corrected chi connectivity index (χ0v) is 22.4. The van der Waals surface area contributed by atoms with Gasteiger partial charge in [0, 0.05) is 50.4 Å². The first-order valence-electron chi connectivity index (χ1n) is 11.7. The summed E-state index contributed by atoms with van der Waals surface area (Å²) >= 11 is 1.38. The fourth-order valence-corrected chi connectivity index (χ4v) is 6.79. The minimum absolute atomic E-state index is 0.161. The Balaban J connectivity index is 1.29. The molecule has 0 bridgehead atoms. The van der Waals surface area contributed by atoms with E-state index in [9.17, 15) is 13.2 Å². The second-order valence-corrected chi connectivity index (χ2v) is 11.6. The van der Waals surface area contributed by atoms with Crippen LogP contribution in [0.15, 0.2) is 58.2 Å². The van der Waals surface area contributed by atoms with Gasteiger partial charge in [-0.25, -0.2) is 13.4 Å². The van der Waals surface area contributed by atoms with Crippen molar-refractivity contribution in [1.82, 2.24) is 23.8 Å². The van der Waals surface area contributed by atoms with Crippen molar-refractivity contribution >= 4 is 26.3 Å². The maximum Gasteiger partial charge on any atom is 0.275 e. The van der Waals surface area contributed by atoms with Gasteiger partial charge in [-0.1, -0.05) is 35.6 Å². The summed E-state index contributed by atoms with van der Waals surface area (Å²) in [7, 11) is -0.706. The number of fused-ring (bicyclic) bond motifs is 1. The highest BCUT2D eigenvalue weighted by Gasteiger charge is 2.29. The smallest absolute Gasteiger partial charge is 0.275 e. The molecule has 0 amide bonds. The van der Waals surface area contributed by atoms with Crippen LogP contribution in [0.5, 0.6) is 11.5 Å². The molecule has 3 heterocycles. The molecule has 10 nitrogen and oxygen atoms in total. The van der Waals surface area contributed by atoms with Crippen molar-refractivity contribution in [2.45, 2.75) is 18.4 Å². The Hall–Kier alpha value is -3.32. The number of piperazine rings is 1. The number of rotatable bonds is 7. The lowest BCUT2D eigenvalue weighted by molar-refractivity contribution is 0.180. The lowest BCUT2D eigenvalue weighted by Crippen LogP contribution is -2.48. The highest BCUT2D eigenvalue weighted by molar-refractivity contribution is 7.89. The summed E-state index contributed by atoms with van der Waals surface area (Å²) in [5, 5.41) is 5.22. The molecule has 0 spiro atoms. The molecule has 194 valence electrons. The molecule has 4 aromatic rings. The van der Waals surface area contributed by atoms with Gasteiger partial charge in [0.1, 0.15) is 5.01 Å². The SMILES string of the molecule is COc1ccc(S(=O)(=O)N2CCN(Cc3cc(=O)n4nc(-c5ccccc5C)sc4n3)CC2)cc1OC. The van der Waals surface area contributed by atoms with Crippen molar-refractivity contribution in [1.29, 1.82) is 0 Å². The van der Waals surface area contributed by atoms with Gasteiger partial charge >= 0.3 is 0 Å². The number of hydrogen-bond acceptors (Lipinski definition) is 9. The molecular weight excluding hydrogens is 514 g/mol. The van der Waals surface area contributed by atoms with Crippen molar-refractivity contribution in [3.8, 4) is 22.1 Å². The summed E-state index contributed by atoms with van der Waals surface area (Å²) in [6.45, 7) is 4.16. The van der Waals surface area contributed by atoms with Crippen LogP contribution in [0.3, 0.4) is 0 Å². The Morgan fingerprint density at radius 1 is 0.973 bits per heavy atom. The lowest BCUT2D eigenvalue weighted by Gasteiger charge is -2.33. The van der Waals surface area contributed by atoms with Gasteiger partial charge < -0.3 is 9.47 Å². The molecule has 37 heavy (non-hydrogen) atoms. The zero-order chi connectivity index (χ0) is 26.2. The maximum absolute atomic E-state index is 13.2. The zero-order valence-electron chi connectivity index (χ0n) is 20.7. The molecule has 0 aliphatic carbocycles. The monoisotopic (exact) mass is 541 g/mol. The maximum atomic E-state index is 13.2. The van der Waals surface area contributed by atoms with Gasteiger partial charge in [0.2, 0.25) is 15.0 Å². The number of aryl methyl sites for hydroxylation is 1. The molecule has 0 atom stereocenters. The lowest BCUT2D eigenvalue weighted by atomic mass is 10.1. The standard InChI is InChI=1S/C25H27N5O5S2/c1-17-6-4-5-7-20(17)24-27-30-23(31)14-18(26-25(30)36-24)16-28-10-12-29(13-11-28)37(32,33)19-8-9-21(34-2)22(15-19)35-3/h4-9,14-15H,10-13,16H2,1-3H3. The molecule has 0 saturated carbocycles. The number of sulfonamides is 1. The van der Waals surface area contributed by atoms with Crippen LogP contribution in [0, 0.1) is 6.92 Å². The second kappa shape index (κ2) is 10.2. The van der Waals surface area contributed by atoms with Gasteiger partial charge in [-0.3, -0.25) is 9.69 Å². The average molecular weight is 542 g/mol. The normalized spacial score (nSPS) is 15.2. The van der Waals surface area contributed by atoms with Crippen molar-refractivity contribution in [2.75, 3.05) is 40.4 Å². The molecule has 0 N–H and O–H groups in total. The largest absolute Gasteiger partial charge is 0.493 e. The number of ether oxygens (including phenoxy) is 2. The summed E-state index contributed by atoms with van der Waals surface area (Å²) in [5.74, 6) is 0.835. The molecule has 1 saturated heterocycles.